The van der Waals surface area contributed by atoms with Crippen LogP contribution < -0.4 is 15.0 Å². The number of aromatic nitrogens is 1. The summed E-state index contributed by atoms with van der Waals surface area (Å²) in [6, 6.07) is 11.7. The summed E-state index contributed by atoms with van der Waals surface area (Å²) in [4.78, 5) is 22.4. The Bertz CT molecular complexity index is 1060. The molecular weight excluding hydrogens is 444 g/mol. The number of pyridine rings is 1. The summed E-state index contributed by atoms with van der Waals surface area (Å²) in [6.45, 7) is 2.66. The van der Waals surface area contributed by atoms with E-state index in [2.05, 4.69) is 26.6 Å². The minimum atomic E-state index is -0.0314. The third kappa shape index (κ3) is 5.06. The van der Waals surface area contributed by atoms with Crippen LogP contribution in [-0.4, -0.2) is 49.5 Å². The average Bonchev–Trinajstić information content (AvgIpc) is 3.31. The van der Waals surface area contributed by atoms with Gasteiger partial charge in [0.2, 0.25) is 0 Å². The number of nitrogens with one attached hydrogen (secondary N) is 1. The van der Waals surface area contributed by atoms with Gasteiger partial charge in [0.1, 0.15) is 11.9 Å². The number of benzene rings is 1. The number of carbonyl (C=O) groups excluding carboxylic acids is 1. The van der Waals surface area contributed by atoms with Crippen LogP contribution in [0.25, 0.3) is 0 Å². The Morgan fingerprint density at radius 1 is 1.28 bits per heavy atom. The van der Waals surface area contributed by atoms with Crippen molar-refractivity contribution in [1.29, 1.82) is 0 Å². The van der Waals surface area contributed by atoms with Crippen LogP contribution in [0.4, 0.5) is 5.69 Å². The van der Waals surface area contributed by atoms with Crippen LogP contribution in [0.1, 0.15) is 33.3 Å². The summed E-state index contributed by atoms with van der Waals surface area (Å²) in [7, 11) is 3.93. The molecule has 0 saturated heterocycles. The van der Waals surface area contributed by atoms with Gasteiger partial charge in [-0.15, -0.1) is 11.3 Å². The number of rotatable bonds is 8. The van der Waals surface area contributed by atoms with E-state index >= 15 is 0 Å². The molecule has 1 amide bonds. The van der Waals surface area contributed by atoms with E-state index in [0.717, 1.165) is 36.5 Å². The third-order valence-electron chi connectivity index (χ3n) is 5.61. The number of likely N-dealkylation sites (N-methyl/N-ethyl adjacent to an activating group) is 1. The van der Waals surface area contributed by atoms with Gasteiger partial charge in [0, 0.05) is 55.4 Å². The van der Waals surface area contributed by atoms with E-state index in [0.29, 0.717) is 23.7 Å². The van der Waals surface area contributed by atoms with Gasteiger partial charge in [-0.05, 0) is 48.8 Å². The predicted octanol–water partition coefficient (Wildman–Crippen LogP) is 4.62. The van der Waals surface area contributed by atoms with Crippen molar-refractivity contribution in [3.63, 3.8) is 0 Å². The van der Waals surface area contributed by atoms with Gasteiger partial charge in [-0.25, -0.2) is 0 Å². The largest absolute Gasteiger partial charge is 0.485 e. The first-order chi connectivity index (χ1) is 15.6. The number of nitrogens with zero attached hydrogens (tertiary/aromatic N) is 3. The number of hydrogen-bond acceptors (Lipinski definition) is 6. The molecule has 3 aromatic rings. The van der Waals surface area contributed by atoms with Gasteiger partial charge in [0.15, 0.2) is 0 Å². The van der Waals surface area contributed by atoms with Crippen LogP contribution in [0.2, 0.25) is 5.02 Å². The van der Waals surface area contributed by atoms with Crippen LogP contribution >= 0.6 is 22.9 Å². The lowest BCUT2D eigenvalue weighted by molar-refractivity contribution is 0.0754. The van der Waals surface area contributed by atoms with Crippen LogP contribution in [-0.2, 0) is 6.54 Å². The molecule has 0 fully saturated rings. The van der Waals surface area contributed by atoms with Crippen molar-refractivity contribution in [2.75, 3.05) is 38.6 Å². The van der Waals surface area contributed by atoms with E-state index in [4.69, 9.17) is 16.3 Å². The standard InChI is InChI=1S/C24H27ClN4O2S/c1-26-9-8-22(23-4-3-13-32-23)31-18-6-5-17(20(25)14-18)16-29-12-11-28(2)21-7-10-27-15-19(21)24(29)30/h3-7,10,13-15,22,26H,8-9,11-12,16H2,1-2H3/t22-/m0/s1. The molecule has 2 aromatic heterocycles. The van der Waals surface area contributed by atoms with Gasteiger partial charge in [-0.1, -0.05) is 23.7 Å². The fraction of sp³-hybridized carbons (Fsp3) is 0.333. The maximum absolute atomic E-state index is 13.1. The molecule has 168 valence electrons. The zero-order valence-electron chi connectivity index (χ0n) is 18.3. The second kappa shape index (κ2) is 10.3. The maximum atomic E-state index is 13.1. The Hall–Kier alpha value is -2.61. The molecule has 1 N–H and O–H groups in total. The molecule has 0 radical (unpaired) electrons. The molecule has 0 unspecified atom stereocenters. The molecule has 6 nitrogen and oxygen atoms in total. The molecule has 0 saturated carbocycles. The number of amides is 1. The van der Waals surface area contributed by atoms with Gasteiger partial charge < -0.3 is 19.9 Å². The molecule has 1 aliphatic heterocycles. The van der Waals surface area contributed by atoms with E-state index in [1.807, 2.05) is 49.3 Å². The fourth-order valence-corrected chi connectivity index (χ4v) is 4.83. The smallest absolute Gasteiger partial charge is 0.257 e. The molecule has 1 aromatic carbocycles. The zero-order chi connectivity index (χ0) is 22.5. The van der Waals surface area contributed by atoms with Gasteiger partial charge in [0.05, 0.1) is 11.3 Å². The minimum Gasteiger partial charge on any atom is -0.485 e. The van der Waals surface area contributed by atoms with Gasteiger partial charge >= 0.3 is 0 Å². The first-order valence-corrected chi connectivity index (χ1v) is 11.9. The summed E-state index contributed by atoms with van der Waals surface area (Å²) in [5.41, 5.74) is 2.42. The summed E-state index contributed by atoms with van der Waals surface area (Å²) < 4.78 is 6.28. The SMILES string of the molecule is CNCC[C@H](Oc1ccc(CN2CCN(C)c3ccncc3C2=O)c(Cl)c1)c1cccs1. The van der Waals surface area contributed by atoms with Crippen molar-refractivity contribution in [2.45, 2.75) is 19.1 Å². The first-order valence-electron chi connectivity index (χ1n) is 10.6. The number of carbonyl (C=O) groups is 1. The zero-order valence-corrected chi connectivity index (χ0v) is 19.8. The molecule has 1 atom stereocenters. The number of fused-ring (bicyclic) bond motifs is 1. The molecule has 0 bridgehead atoms. The van der Waals surface area contributed by atoms with Crippen molar-refractivity contribution >= 4 is 34.5 Å². The van der Waals surface area contributed by atoms with Crippen molar-refractivity contribution in [1.82, 2.24) is 15.2 Å². The molecule has 0 aliphatic carbocycles. The average molecular weight is 471 g/mol. The fourth-order valence-electron chi connectivity index (χ4n) is 3.81. The Morgan fingerprint density at radius 3 is 2.91 bits per heavy atom. The van der Waals surface area contributed by atoms with Crippen molar-refractivity contribution in [3.05, 3.63) is 75.2 Å². The van der Waals surface area contributed by atoms with Gasteiger partial charge in [-0.3, -0.25) is 9.78 Å². The monoisotopic (exact) mass is 470 g/mol. The topological polar surface area (TPSA) is 57.7 Å². The van der Waals surface area contributed by atoms with E-state index in [1.165, 1.54) is 4.88 Å². The molecular formula is C24H27ClN4O2S. The van der Waals surface area contributed by atoms with E-state index in [-0.39, 0.29) is 12.0 Å². The second-order valence-electron chi connectivity index (χ2n) is 7.81. The highest BCUT2D eigenvalue weighted by Gasteiger charge is 2.25. The van der Waals surface area contributed by atoms with Crippen molar-refractivity contribution in [3.8, 4) is 5.75 Å². The van der Waals surface area contributed by atoms with E-state index in [1.54, 1.807) is 23.7 Å². The second-order valence-corrected chi connectivity index (χ2v) is 9.19. The number of halogens is 1. The van der Waals surface area contributed by atoms with Crippen LogP contribution in [0, 0.1) is 0 Å². The van der Waals surface area contributed by atoms with Crippen LogP contribution in [0.3, 0.4) is 0 Å². The number of ether oxygens (including phenoxy) is 1. The molecule has 3 heterocycles. The molecule has 1 aliphatic rings. The Morgan fingerprint density at radius 2 is 2.16 bits per heavy atom. The normalized spacial score (nSPS) is 14.8. The van der Waals surface area contributed by atoms with Crippen molar-refractivity contribution < 1.29 is 9.53 Å². The van der Waals surface area contributed by atoms with E-state index in [9.17, 15) is 4.79 Å². The van der Waals surface area contributed by atoms with Crippen molar-refractivity contribution in [2.24, 2.45) is 0 Å². The van der Waals surface area contributed by atoms with Crippen LogP contribution in [0.15, 0.2) is 54.2 Å². The summed E-state index contributed by atoms with van der Waals surface area (Å²) in [6.07, 6.45) is 4.19. The summed E-state index contributed by atoms with van der Waals surface area (Å²) in [5.74, 6) is 0.698. The highest BCUT2D eigenvalue weighted by Crippen LogP contribution is 2.31. The Balaban J connectivity index is 1.49. The van der Waals surface area contributed by atoms with Gasteiger partial charge in [-0.2, -0.15) is 0 Å². The third-order valence-corrected chi connectivity index (χ3v) is 6.93. The molecule has 0 spiro atoms. The number of anilines is 1. The highest BCUT2D eigenvalue weighted by molar-refractivity contribution is 7.10. The lowest BCUT2D eigenvalue weighted by atomic mass is 10.1. The van der Waals surface area contributed by atoms with Crippen LogP contribution in [0.5, 0.6) is 5.75 Å². The van der Waals surface area contributed by atoms with Gasteiger partial charge in [0.25, 0.3) is 5.91 Å². The highest BCUT2D eigenvalue weighted by atomic mass is 35.5. The molecule has 4 rings (SSSR count). The molecule has 8 heteroatoms. The minimum absolute atomic E-state index is 0.0290. The quantitative estimate of drug-likeness (QED) is 0.520. The Kier molecular flexibility index (Phi) is 7.29. The summed E-state index contributed by atoms with van der Waals surface area (Å²) >= 11 is 8.32. The number of thiophene rings is 1. The van der Waals surface area contributed by atoms with E-state index < -0.39 is 0 Å². The first kappa shape index (κ1) is 22.6. The lowest BCUT2D eigenvalue weighted by Gasteiger charge is -2.22. The molecule has 32 heavy (non-hydrogen) atoms. The lowest BCUT2D eigenvalue weighted by Crippen LogP contribution is -2.33. The maximum Gasteiger partial charge on any atom is 0.257 e. The number of hydrogen-bond donors (Lipinski definition) is 1. The Labute approximate surface area is 197 Å². The predicted molar refractivity (Wildman–Crippen MR) is 130 cm³/mol. The summed E-state index contributed by atoms with van der Waals surface area (Å²) in [5, 5.41) is 5.84.